The van der Waals surface area contributed by atoms with E-state index < -0.39 is 0 Å². The summed E-state index contributed by atoms with van der Waals surface area (Å²) in [6.07, 6.45) is 9.63. The van der Waals surface area contributed by atoms with Crippen LogP contribution < -0.4 is 0 Å². The number of carbonyl (C=O) groups is 1. The second-order valence-corrected chi connectivity index (χ2v) is 7.42. The second kappa shape index (κ2) is 3.03. The van der Waals surface area contributed by atoms with Gasteiger partial charge in [-0.1, -0.05) is 34.7 Å². The lowest BCUT2D eigenvalue weighted by molar-refractivity contribution is -0.145. The first-order valence-corrected chi connectivity index (χ1v) is 7.48. The number of carbonyl (C=O) groups excluding carboxylic acids is 1. The lowest BCUT2D eigenvalue weighted by atomic mass is 9.72. The van der Waals surface area contributed by atoms with Crippen LogP contribution in [0.25, 0.3) is 0 Å². The molecule has 0 unspecified atom stereocenters. The summed E-state index contributed by atoms with van der Waals surface area (Å²) >= 11 is 2.57. The van der Waals surface area contributed by atoms with Crippen molar-refractivity contribution in [1.82, 2.24) is 0 Å². The molecule has 1 aliphatic heterocycles. The van der Waals surface area contributed by atoms with Crippen LogP contribution in [0.4, 0.5) is 0 Å². The van der Waals surface area contributed by atoms with Crippen LogP contribution in [0, 0.1) is 23.2 Å². The maximum absolute atomic E-state index is 11.9. The summed E-state index contributed by atoms with van der Waals surface area (Å²) in [5.41, 5.74) is 0.463. The molecule has 0 N–H and O–H groups in total. The van der Waals surface area contributed by atoms with Crippen molar-refractivity contribution in [2.24, 2.45) is 23.2 Å². The normalized spacial score (nSPS) is 51.3. The number of hydrogen-bond acceptors (Lipinski definition) is 2. The molecule has 3 aliphatic carbocycles. The number of halogens is 1. The molecule has 4 bridgehead atoms. The molecule has 1 saturated heterocycles. The highest BCUT2D eigenvalue weighted by Gasteiger charge is 2.63. The summed E-state index contributed by atoms with van der Waals surface area (Å²) in [6.45, 7) is 0. The Morgan fingerprint density at radius 2 is 2.00 bits per heavy atom. The Bertz CT molecular complexity index is 385. The van der Waals surface area contributed by atoms with Crippen molar-refractivity contribution in [2.45, 2.75) is 35.7 Å². The van der Waals surface area contributed by atoms with Gasteiger partial charge in [-0.25, -0.2) is 0 Å². The van der Waals surface area contributed by atoms with Crippen LogP contribution in [0.15, 0.2) is 12.2 Å². The molecule has 0 amide bonds. The van der Waals surface area contributed by atoms with Crippen LogP contribution in [0.1, 0.15) is 25.7 Å². The van der Waals surface area contributed by atoms with Crippen molar-refractivity contribution in [3.63, 3.8) is 0 Å². The first-order valence-electron chi connectivity index (χ1n) is 6.23. The molecular weight excluding hydrogens is 315 g/mol. The minimum absolute atomic E-state index is 0.0806. The van der Waals surface area contributed by atoms with Gasteiger partial charge in [0, 0.05) is 3.92 Å². The van der Waals surface area contributed by atoms with Gasteiger partial charge in [0.05, 0.1) is 5.92 Å². The van der Waals surface area contributed by atoms with Crippen molar-refractivity contribution >= 4 is 28.6 Å². The van der Waals surface area contributed by atoms with Gasteiger partial charge in [-0.3, -0.25) is 4.79 Å². The van der Waals surface area contributed by atoms with E-state index in [0.717, 1.165) is 12.8 Å². The van der Waals surface area contributed by atoms with E-state index in [1.807, 2.05) is 0 Å². The Balaban J connectivity index is 1.79. The van der Waals surface area contributed by atoms with Crippen molar-refractivity contribution < 1.29 is 9.53 Å². The number of allylic oxidation sites excluding steroid dienone is 2. The molecule has 4 rings (SSSR count). The lowest BCUT2D eigenvalue weighted by Crippen LogP contribution is -2.33. The first-order chi connectivity index (χ1) is 7.71. The van der Waals surface area contributed by atoms with E-state index in [9.17, 15) is 4.79 Å². The molecule has 3 heteroatoms. The lowest BCUT2D eigenvalue weighted by Gasteiger charge is -2.32. The van der Waals surface area contributed by atoms with Gasteiger partial charge in [-0.2, -0.15) is 0 Å². The Hall–Kier alpha value is -0.0600. The number of hydrogen-bond donors (Lipinski definition) is 0. The van der Waals surface area contributed by atoms with Gasteiger partial charge >= 0.3 is 5.97 Å². The maximum Gasteiger partial charge on any atom is 0.309 e. The van der Waals surface area contributed by atoms with Crippen molar-refractivity contribution in [3.05, 3.63) is 12.2 Å². The third-order valence-corrected chi connectivity index (χ3v) is 6.38. The van der Waals surface area contributed by atoms with Crippen molar-refractivity contribution in [2.75, 3.05) is 0 Å². The minimum atomic E-state index is 0.0806. The molecule has 0 aromatic heterocycles. The summed E-state index contributed by atoms with van der Waals surface area (Å²) in [5, 5.41) is 0. The van der Waals surface area contributed by atoms with E-state index in [1.165, 1.54) is 12.8 Å². The number of alkyl halides is 1. The van der Waals surface area contributed by atoms with Gasteiger partial charge in [-0.15, -0.1) is 0 Å². The predicted molar refractivity (Wildman–Crippen MR) is 68.2 cm³/mol. The molecule has 16 heavy (non-hydrogen) atoms. The van der Waals surface area contributed by atoms with Gasteiger partial charge in [0.25, 0.3) is 0 Å². The summed E-state index contributed by atoms with van der Waals surface area (Å²) in [6, 6.07) is 0. The Morgan fingerprint density at radius 1 is 1.25 bits per heavy atom. The molecule has 0 aromatic rings. The zero-order valence-corrected chi connectivity index (χ0v) is 11.2. The number of fused-ring (bicyclic) bond motifs is 3. The molecule has 1 spiro atoms. The molecule has 0 radical (unpaired) electrons. The van der Waals surface area contributed by atoms with Crippen LogP contribution in [0.3, 0.4) is 0 Å². The summed E-state index contributed by atoms with van der Waals surface area (Å²) in [4.78, 5) is 11.9. The largest absolute Gasteiger partial charge is 0.462 e. The van der Waals surface area contributed by atoms with Crippen molar-refractivity contribution in [1.29, 1.82) is 0 Å². The monoisotopic (exact) mass is 330 g/mol. The molecule has 5 atom stereocenters. The SMILES string of the molecule is O=C1O[C@H]2C[C@@H](I)[C@H]3C=C[C@@H]([C@@H]1C2)C31CC1. The minimum Gasteiger partial charge on any atom is -0.462 e. The van der Waals surface area contributed by atoms with Crippen LogP contribution in [0.2, 0.25) is 0 Å². The quantitative estimate of drug-likeness (QED) is 0.295. The topological polar surface area (TPSA) is 26.3 Å². The summed E-state index contributed by atoms with van der Waals surface area (Å²) in [7, 11) is 0. The highest BCUT2D eigenvalue weighted by molar-refractivity contribution is 14.1. The van der Waals surface area contributed by atoms with E-state index >= 15 is 0 Å². The molecule has 4 aliphatic rings. The zero-order chi connectivity index (χ0) is 10.9. The van der Waals surface area contributed by atoms with Crippen LogP contribution in [0.5, 0.6) is 0 Å². The Labute approximate surface area is 109 Å². The van der Waals surface area contributed by atoms with Crippen LogP contribution in [-0.4, -0.2) is 16.0 Å². The zero-order valence-electron chi connectivity index (χ0n) is 9.06. The fourth-order valence-corrected chi connectivity index (χ4v) is 5.71. The molecule has 3 fully saturated rings. The van der Waals surface area contributed by atoms with Gasteiger partial charge in [0.2, 0.25) is 0 Å². The number of rotatable bonds is 0. The standard InChI is InChI=1S/C13H15IO2/c14-11-6-7-5-8(12(15)16-7)9-1-2-10(11)13(9)3-4-13/h1-2,7-11H,3-6H2/t7-,8+,9+,10-,11-/m1/s1. The molecule has 0 aromatic carbocycles. The fraction of sp³-hybridized carbons (Fsp3) is 0.769. The molecule has 86 valence electrons. The molecule has 2 saturated carbocycles. The average Bonchev–Trinajstić information content (AvgIpc) is 2.77. The molecule has 2 nitrogen and oxygen atoms in total. The van der Waals surface area contributed by atoms with Crippen LogP contribution in [-0.2, 0) is 9.53 Å². The maximum atomic E-state index is 11.9. The number of esters is 1. The Kier molecular flexibility index (Phi) is 1.88. The summed E-state index contributed by atoms with van der Waals surface area (Å²) in [5.74, 6) is 1.46. The summed E-state index contributed by atoms with van der Waals surface area (Å²) < 4.78 is 6.16. The van der Waals surface area contributed by atoms with Gasteiger partial charge in [0.1, 0.15) is 6.10 Å². The van der Waals surface area contributed by atoms with Crippen molar-refractivity contribution in [3.8, 4) is 0 Å². The fourth-order valence-electron chi connectivity index (χ4n) is 4.19. The van der Waals surface area contributed by atoms with Gasteiger partial charge < -0.3 is 4.74 Å². The molecular formula is C13H15IO2. The van der Waals surface area contributed by atoms with Gasteiger partial charge in [0.15, 0.2) is 0 Å². The van der Waals surface area contributed by atoms with E-state index in [4.69, 9.17) is 4.74 Å². The smallest absolute Gasteiger partial charge is 0.309 e. The van der Waals surface area contributed by atoms with E-state index in [-0.39, 0.29) is 18.0 Å². The average molecular weight is 330 g/mol. The second-order valence-electron chi connectivity index (χ2n) is 5.82. The predicted octanol–water partition coefficient (Wildman–Crippen LogP) is 2.71. The highest BCUT2D eigenvalue weighted by atomic mass is 127. The molecule has 1 heterocycles. The van der Waals surface area contributed by atoms with E-state index in [0.29, 0.717) is 21.2 Å². The number of ether oxygens (including phenoxy) is 1. The third-order valence-electron chi connectivity index (χ3n) is 5.09. The first kappa shape index (κ1) is 9.92. The van der Waals surface area contributed by atoms with E-state index in [1.54, 1.807) is 0 Å². The van der Waals surface area contributed by atoms with Gasteiger partial charge in [-0.05, 0) is 42.9 Å². The Morgan fingerprint density at radius 3 is 2.75 bits per heavy atom. The highest BCUT2D eigenvalue weighted by Crippen LogP contribution is 2.67. The van der Waals surface area contributed by atoms with E-state index in [2.05, 4.69) is 34.7 Å². The third kappa shape index (κ3) is 1.11. The van der Waals surface area contributed by atoms with Crippen LogP contribution >= 0.6 is 22.6 Å².